The minimum atomic E-state index is -0.0316. The van der Waals surface area contributed by atoms with Gasteiger partial charge in [-0.15, -0.1) is 0 Å². The summed E-state index contributed by atoms with van der Waals surface area (Å²) in [5, 5.41) is 13.9. The summed E-state index contributed by atoms with van der Waals surface area (Å²) in [5.74, 6) is 0.217. The highest BCUT2D eigenvalue weighted by molar-refractivity contribution is 6.03. The number of aromatic amines is 1. The predicted molar refractivity (Wildman–Crippen MR) is 137 cm³/mol. The zero-order valence-electron chi connectivity index (χ0n) is 19.9. The van der Waals surface area contributed by atoms with Crippen LogP contribution < -0.4 is 5.32 Å². The Kier molecular flexibility index (Phi) is 7.16. The summed E-state index contributed by atoms with van der Waals surface area (Å²) >= 11 is 0. The standard InChI is InChI=1S/C28H36N4O2/c33-23-10-8-21(9-11-23)24-6-5-7-26-25(24)20-27(30-26)28(34)29-22-12-16-32(17-13-22)19-18-31-14-3-1-2-4-15-31/h5-11,20,22,30,33H,1-4,12-19H2,(H,29,34). The third kappa shape index (κ3) is 5.45. The molecule has 5 rings (SSSR count). The van der Waals surface area contributed by atoms with Gasteiger partial charge in [0.25, 0.3) is 5.91 Å². The molecule has 0 saturated carbocycles. The van der Waals surface area contributed by atoms with Crippen molar-refractivity contribution in [1.82, 2.24) is 20.1 Å². The number of hydrogen-bond donors (Lipinski definition) is 3. The van der Waals surface area contributed by atoms with Gasteiger partial charge in [-0.1, -0.05) is 37.1 Å². The molecule has 1 amide bonds. The minimum absolute atomic E-state index is 0.0316. The number of H-pyrrole nitrogens is 1. The lowest BCUT2D eigenvalue weighted by Gasteiger charge is -2.33. The number of aromatic hydroxyl groups is 1. The first kappa shape index (κ1) is 22.9. The number of phenolic OH excluding ortho intramolecular Hbond substituents is 1. The van der Waals surface area contributed by atoms with Crippen molar-refractivity contribution in [2.75, 3.05) is 39.3 Å². The van der Waals surface area contributed by atoms with Gasteiger partial charge in [-0.05, 0) is 74.2 Å². The van der Waals surface area contributed by atoms with Crippen LogP contribution in [0.5, 0.6) is 5.75 Å². The number of phenols is 1. The SMILES string of the molecule is O=C(NC1CCN(CCN2CCCCCC2)CC1)c1cc2c(-c3ccc(O)cc3)cccc2[nH]1. The molecule has 3 heterocycles. The fourth-order valence-electron chi connectivity index (χ4n) is 5.38. The van der Waals surface area contributed by atoms with E-state index in [1.807, 2.05) is 36.4 Å². The summed E-state index contributed by atoms with van der Waals surface area (Å²) in [4.78, 5) is 21.5. The number of aromatic nitrogens is 1. The summed E-state index contributed by atoms with van der Waals surface area (Å²) in [6, 6.07) is 15.4. The van der Waals surface area contributed by atoms with Crippen molar-refractivity contribution in [3.8, 4) is 16.9 Å². The number of piperidine rings is 1. The molecule has 3 aromatic rings. The minimum Gasteiger partial charge on any atom is -0.508 e. The average Bonchev–Trinajstić information content (AvgIpc) is 3.13. The molecule has 2 saturated heterocycles. The molecular weight excluding hydrogens is 424 g/mol. The van der Waals surface area contributed by atoms with E-state index in [4.69, 9.17) is 0 Å². The Bertz CT molecular complexity index is 1090. The van der Waals surface area contributed by atoms with E-state index >= 15 is 0 Å². The first-order valence-corrected chi connectivity index (χ1v) is 12.8. The van der Waals surface area contributed by atoms with Gasteiger partial charge in [0.15, 0.2) is 0 Å². The number of benzene rings is 2. The fourth-order valence-corrected chi connectivity index (χ4v) is 5.38. The fraction of sp³-hybridized carbons (Fsp3) is 0.464. The van der Waals surface area contributed by atoms with Gasteiger partial charge in [-0.2, -0.15) is 0 Å². The molecule has 2 aromatic carbocycles. The molecule has 0 spiro atoms. The lowest BCUT2D eigenvalue weighted by Crippen LogP contribution is -2.46. The molecule has 34 heavy (non-hydrogen) atoms. The summed E-state index contributed by atoms with van der Waals surface area (Å²) in [6.45, 7) is 6.93. The molecule has 3 N–H and O–H groups in total. The number of amides is 1. The van der Waals surface area contributed by atoms with Crippen molar-refractivity contribution in [2.45, 2.75) is 44.6 Å². The summed E-state index contributed by atoms with van der Waals surface area (Å²) in [6.07, 6.45) is 7.47. The number of nitrogens with zero attached hydrogens (tertiary/aromatic N) is 2. The first-order valence-electron chi connectivity index (χ1n) is 12.8. The lowest BCUT2D eigenvalue weighted by molar-refractivity contribution is 0.0902. The van der Waals surface area contributed by atoms with Gasteiger partial charge < -0.3 is 25.2 Å². The maximum absolute atomic E-state index is 13.0. The topological polar surface area (TPSA) is 71.6 Å². The van der Waals surface area contributed by atoms with Gasteiger partial charge in [0, 0.05) is 43.1 Å². The highest BCUT2D eigenvalue weighted by atomic mass is 16.3. The molecule has 6 heteroatoms. The summed E-state index contributed by atoms with van der Waals surface area (Å²) < 4.78 is 0. The van der Waals surface area contributed by atoms with Crippen molar-refractivity contribution in [2.24, 2.45) is 0 Å². The van der Waals surface area contributed by atoms with Crippen LogP contribution in [-0.2, 0) is 0 Å². The molecule has 0 aliphatic carbocycles. The van der Waals surface area contributed by atoms with E-state index in [0.29, 0.717) is 5.69 Å². The van der Waals surface area contributed by atoms with Crippen LogP contribution in [-0.4, -0.2) is 71.1 Å². The van der Waals surface area contributed by atoms with Crippen molar-refractivity contribution in [3.05, 3.63) is 54.2 Å². The number of rotatable bonds is 6. The number of carbonyl (C=O) groups is 1. The monoisotopic (exact) mass is 460 g/mol. The second-order valence-electron chi connectivity index (χ2n) is 9.84. The largest absolute Gasteiger partial charge is 0.508 e. The Morgan fingerprint density at radius 2 is 1.59 bits per heavy atom. The average molecular weight is 461 g/mol. The highest BCUT2D eigenvalue weighted by Crippen LogP contribution is 2.30. The number of carbonyl (C=O) groups excluding carboxylic acids is 1. The maximum atomic E-state index is 13.0. The van der Waals surface area contributed by atoms with Gasteiger partial charge in [0.1, 0.15) is 11.4 Å². The molecule has 0 atom stereocenters. The Morgan fingerprint density at radius 3 is 2.29 bits per heavy atom. The molecule has 0 unspecified atom stereocenters. The Morgan fingerprint density at radius 1 is 0.912 bits per heavy atom. The van der Waals surface area contributed by atoms with E-state index in [0.717, 1.165) is 54.5 Å². The molecule has 1 aromatic heterocycles. The second-order valence-corrected chi connectivity index (χ2v) is 9.84. The Balaban J connectivity index is 1.16. The number of hydrogen-bond acceptors (Lipinski definition) is 4. The molecule has 2 aliphatic heterocycles. The molecule has 2 aliphatic rings. The van der Waals surface area contributed by atoms with Gasteiger partial charge in [-0.3, -0.25) is 4.79 Å². The van der Waals surface area contributed by atoms with Gasteiger partial charge in [0.2, 0.25) is 0 Å². The van der Waals surface area contributed by atoms with Crippen molar-refractivity contribution in [1.29, 1.82) is 0 Å². The van der Waals surface area contributed by atoms with E-state index in [2.05, 4.69) is 20.1 Å². The molecule has 180 valence electrons. The Hall–Kier alpha value is -2.83. The van der Waals surface area contributed by atoms with E-state index in [1.165, 1.54) is 45.3 Å². The van der Waals surface area contributed by atoms with Crippen LogP contribution in [0.2, 0.25) is 0 Å². The van der Waals surface area contributed by atoms with Crippen molar-refractivity contribution in [3.63, 3.8) is 0 Å². The van der Waals surface area contributed by atoms with E-state index in [9.17, 15) is 9.90 Å². The Labute approximate surface area is 202 Å². The van der Waals surface area contributed by atoms with E-state index in [1.54, 1.807) is 12.1 Å². The maximum Gasteiger partial charge on any atom is 0.267 e. The molecule has 0 radical (unpaired) electrons. The van der Waals surface area contributed by atoms with Crippen LogP contribution in [0.4, 0.5) is 0 Å². The lowest BCUT2D eigenvalue weighted by atomic mass is 10.0. The summed E-state index contributed by atoms with van der Waals surface area (Å²) in [5.41, 5.74) is 3.61. The van der Waals surface area contributed by atoms with Crippen molar-refractivity contribution < 1.29 is 9.90 Å². The number of likely N-dealkylation sites (tertiary alicyclic amines) is 2. The van der Waals surface area contributed by atoms with E-state index < -0.39 is 0 Å². The second kappa shape index (κ2) is 10.6. The van der Waals surface area contributed by atoms with Crippen LogP contribution in [0.3, 0.4) is 0 Å². The van der Waals surface area contributed by atoms with Crippen LogP contribution in [0, 0.1) is 0 Å². The van der Waals surface area contributed by atoms with E-state index in [-0.39, 0.29) is 17.7 Å². The number of fused-ring (bicyclic) bond motifs is 1. The summed E-state index contributed by atoms with van der Waals surface area (Å²) in [7, 11) is 0. The van der Waals surface area contributed by atoms with Crippen LogP contribution in [0.15, 0.2) is 48.5 Å². The van der Waals surface area contributed by atoms with Gasteiger partial charge in [0.05, 0.1) is 0 Å². The highest BCUT2D eigenvalue weighted by Gasteiger charge is 2.22. The van der Waals surface area contributed by atoms with Crippen LogP contribution in [0.1, 0.15) is 49.0 Å². The predicted octanol–water partition coefficient (Wildman–Crippen LogP) is 4.61. The normalized spacial score (nSPS) is 18.7. The van der Waals surface area contributed by atoms with Gasteiger partial charge >= 0.3 is 0 Å². The van der Waals surface area contributed by atoms with Crippen LogP contribution >= 0.6 is 0 Å². The zero-order valence-corrected chi connectivity index (χ0v) is 19.9. The third-order valence-electron chi connectivity index (χ3n) is 7.44. The van der Waals surface area contributed by atoms with Crippen molar-refractivity contribution >= 4 is 16.8 Å². The first-order chi connectivity index (χ1) is 16.7. The zero-order chi connectivity index (χ0) is 23.3. The third-order valence-corrected chi connectivity index (χ3v) is 7.44. The number of nitrogens with one attached hydrogen (secondary N) is 2. The molecule has 6 nitrogen and oxygen atoms in total. The quantitative estimate of drug-likeness (QED) is 0.502. The van der Waals surface area contributed by atoms with Gasteiger partial charge in [-0.25, -0.2) is 0 Å². The molecular formula is C28H36N4O2. The molecule has 2 fully saturated rings. The smallest absolute Gasteiger partial charge is 0.267 e. The molecule has 0 bridgehead atoms. The van der Waals surface area contributed by atoms with Crippen LogP contribution in [0.25, 0.3) is 22.0 Å².